The zero-order valence-electron chi connectivity index (χ0n) is 16.5. The fraction of sp³-hybridized carbons (Fsp3) is 0.944. The molecule has 0 aromatic heterocycles. The minimum atomic E-state index is 0. The van der Waals surface area contributed by atoms with E-state index < -0.39 is 0 Å². The lowest BCUT2D eigenvalue weighted by Gasteiger charge is -2.28. The fourth-order valence-corrected chi connectivity index (χ4v) is 3.21. The Morgan fingerprint density at radius 1 is 1.00 bits per heavy atom. The molecule has 0 bridgehead atoms. The molecule has 2 heterocycles. The van der Waals surface area contributed by atoms with Crippen molar-refractivity contribution in [3.63, 3.8) is 0 Å². The lowest BCUT2D eigenvalue weighted by molar-refractivity contribution is 0.0323. The summed E-state index contributed by atoms with van der Waals surface area (Å²) in [4.78, 5) is 9.72. The zero-order chi connectivity index (χ0) is 17.7. The van der Waals surface area contributed by atoms with Gasteiger partial charge >= 0.3 is 0 Å². The fourth-order valence-electron chi connectivity index (χ4n) is 3.21. The van der Waals surface area contributed by atoms with Crippen molar-refractivity contribution in [2.75, 3.05) is 85.3 Å². The van der Waals surface area contributed by atoms with E-state index >= 15 is 0 Å². The smallest absolute Gasteiger partial charge is 0.191 e. The summed E-state index contributed by atoms with van der Waals surface area (Å²) in [5, 5.41) is 6.82. The summed E-state index contributed by atoms with van der Waals surface area (Å²) < 4.78 is 10.8. The van der Waals surface area contributed by atoms with Crippen LogP contribution in [0.2, 0.25) is 0 Å². The quantitative estimate of drug-likeness (QED) is 0.220. The van der Waals surface area contributed by atoms with Gasteiger partial charge in [-0.1, -0.05) is 6.92 Å². The molecule has 0 aromatic carbocycles. The first-order valence-electron chi connectivity index (χ1n) is 9.90. The van der Waals surface area contributed by atoms with E-state index in [1.165, 1.54) is 0 Å². The Morgan fingerprint density at radius 3 is 2.23 bits per heavy atom. The van der Waals surface area contributed by atoms with Crippen LogP contribution >= 0.6 is 24.0 Å². The average molecular weight is 483 g/mol. The first kappa shape index (κ1) is 23.9. The van der Waals surface area contributed by atoms with E-state index in [1.807, 2.05) is 0 Å². The Balaban J connectivity index is 0.00000338. The monoisotopic (exact) mass is 483 g/mol. The Labute approximate surface area is 176 Å². The van der Waals surface area contributed by atoms with Crippen molar-refractivity contribution in [1.82, 2.24) is 20.4 Å². The number of nitrogens with one attached hydrogen (secondary N) is 2. The molecule has 7 nitrogen and oxygen atoms in total. The van der Waals surface area contributed by atoms with Gasteiger partial charge in [0.1, 0.15) is 0 Å². The second-order valence-electron chi connectivity index (χ2n) is 6.97. The number of hydrogen-bond donors (Lipinski definition) is 2. The molecule has 2 fully saturated rings. The maximum Gasteiger partial charge on any atom is 0.191 e. The molecule has 2 saturated heterocycles. The Bertz CT molecular complexity index is 375. The molecule has 0 radical (unpaired) electrons. The predicted molar refractivity (Wildman–Crippen MR) is 118 cm³/mol. The molecule has 26 heavy (non-hydrogen) atoms. The highest BCUT2D eigenvalue weighted by Gasteiger charge is 2.13. The van der Waals surface area contributed by atoms with Gasteiger partial charge in [-0.3, -0.25) is 14.8 Å². The van der Waals surface area contributed by atoms with Crippen LogP contribution in [0.4, 0.5) is 0 Å². The molecule has 1 unspecified atom stereocenters. The summed E-state index contributed by atoms with van der Waals surface area (Å²) >= 11 is 0. The molecular formula is C18H38IN5O2. The average Bonchev–Trinajstić information content (AvgIpc) is 2.65. The molecule has 8 heteroatoms. The largest absolute Gasteiger partial charge is 0.379 e. The second kappa shape index (κ2) is 14.8. The molecule has 0 saturated carbocycles. The summed E-state index contributed by atoms with van der Waals surface area (Å²) in [6.07, 6.45) is 1.13. The SMILES string of the molecule is CCNC(=NCC(C)CN1CCOCC1)NCCCN1CCOCC1.I. The predicted octanol–water partition coefficient (Wildman–Crippen LogP) is 0.850. The molecular weight excluding hydrogens is 445 g/mol. The third kappa shape index (κ3) is 10.2. The highest BCUT2D eigenvalue weighted by atomic mass is 127. The van der Waals surface area contributed by atoms with Crippen LogP contribution in [0.3, 0.4) is 0 Å². The van der Waals surface area contributed by atoms with Crippen molar-refractivity contribution in [3.05, 3.63) is 0 Å². The molecule has 0 amide bonds. The van der Waals surface area contributed by atoms with Gasteiger partial charge in [0.2, 0.25) is 0 Å². The maximum atomic E-state index is 5.41. The van der Waals surface area contributed by atoms with Crippen LogP contribution in [0.25, 0.3) is 0 Å². The van der Waals surface area contributed by atoms with Gasteiger partial charge in [-0.05, 0) is 25.8 Å². The molecule has 2 N–H and O–H groups in total. The van der Waals surface area contributed by atoms with E-state index in [0.29, 0.717) is 5.92 Å². The number of morpholine rings is 2. The Hall–Kier alpha value is -0.160. The third-order valence-electron chi connectivity index (χ3n) is 4.63. The van der Waals surface area contributed by atoms with Crippen molar-refractivity contribution in [1.29, 1.82) is 0 Å². The lowest BCUT2D eigenvalue weighted by Crippen LogP contribution is -2.41. The third-order valence-corrected chi connectivity index (χ3v) is 4.63. The van der Waals surface area contributed by atoms with Crippen LogP contribution in [-0.4, -0.2) is 101 Å². The summed E-state index contributed by atoms with van der Waals surface area (Å²) in [5.74, 6) is 1.50. The summed E-state index contributed by atoms with van der Waals surface area (Å²) in [6.45, 7) is 17.0. The van der Waals surface area contributed by atoms with Gasteiger partial charge in [-0.15, -0.1) is 24.0 Å². The van der Waals surface area contributed by atoms with Crippen molar-refractivity contribution in [3.8, 4) is 0 Å². The normalized spacial score (nSPS) is 21.1. The van der Waals surface area contributed by atoms with E-state index in [0.717, 1.165) is 97.7 Å². The van der Waals surface area contributed by atoms with E-state index in [-0.39, 0.29) is 24.0 Å². The highest BCUT2D eigenvalue weighted by molar-refractivity contribution is 14.0. The van der Waals surface area contributed by atoms with E-state index in [2.05, 4.69) is 34.3 Å². The van der Waals surface area contributed by atoms with Gasteiger partial charge in [-0.2, -0.15) is 0 Å². The summed E-state index contributed by atoms with van der Waals surface area (Å²) in [6, 6.07) is 0. The van der Waals surface area contributed by atoms with Gasteiger partial charge in [0.05, 0.1) is 26.4 Å². The van der Waals surface area contributed by atoms with Gasteiger partial charge in [-0.25, -0.2) is 0 Å². The highest BCUT2D eigenvalue weighted by Crippen LogP contribution is 2.04. The van der Waals surface area contributed by atoms with E-state index in [9.17, 15) is 0 Å². The van der Waals surface area contributed by atoms with Crippen LogP contribution in [0.5, 0.6) is 0 Å². The number of aliphatic imine (C=N–C) groups is 1. The first-order valence-corrected chi connectivity index (χ1v) is 9.90. The number of hydrogen-bond acceptors (Lipinski definition) is 5. The zero-order valence-corrected chi connectivity index (χ0v) is 18.9. The van der Waals surface area contributed by atoms with Crippen LogP contribution in [0.1, 0.15) is 20.3 Å². The minimum Gasteiger partial charge on any atom is -0.379 e. The molecule has 154 valence electrons. The van der Waals surface area contributed by atoms with Crippen LogP contribution in [0, 0.1) is 5.92 Å². The molecule has 2 rings (SSSR count). The topological polar surface area (TPSA) is 61.4 Å². The van der Waals surface area contributed by atoms with Crippen LogP contribution in [0.15, 0.2) is 4.99 Å². The van der Waals surface area contributed by atoms with E-state index in [1.54, 1.807) is 0 Å². The van der Waals surface area contributed by atoms with Crippen LogP contribution < -0.4 is 10.6 Å². The van der Waals surface area contributed by atoms with E-state index in [4.69, 9.17) is 14.5 Å². The number of guanidine groups is 1. The van der Waals surface area contributed by atoms with Crippen LogP contribution in [-0.2, 0) is 9.47 Å². The number of halogens is 1. The number of nitrogens with zero attached hydrogens (tertiary/aromatic N) is 3. The molecule has 2 aliphatic rings. The van der Waals surface area contributed by atoms with Crippen molar-refractivity contribution in [2.45, 2.75) is 20.3 Å². The van der Waals surface area contributed by atoms with Crippen molar-refractivity contribution >= 4 is 29.9 Å². The maximum absolute atomic E-state index is 5.41. The summed E-state index contributed by atoms with van der Waals surface area (Å²) in [5.41, 5.74) is 0. The van der Waals surface area contributed by atoms with Crippen molar-refractivity contribution < 1.29 is 9.47 Å². The Kier molecular flexibility index (Phi) is 13.6. The van der Waals surface area contributed by atoms with Gasteiger partial charge in [0.15, 0.2) is 5.96 Å². The molecule has 0 aliphatic carbocycles. The number of rotatable bonds is 9. The molecule has 0 spiro atoms. The Morgan fingerprint density at radius 2 is 1.62 bits per heavy atom. The molecule has 2 aliphatic heterocycles. The first-order chi connectivity index (χ1) is 12.3. The minimum absolute atomic E-state index is 0. The van der Waals surface area contributed by atoms with Gasteiger partial charge < -0.3 is 20.1 Å². The lowest BCUT2D eigenvalue weighted by atomic mass is 10.1. The summed E-state index contributed by atoms with van der Waals surface area (Å²) in [7, 11) is 0. The molecule has 0 aromatic rings. The van der Waals surface area contributed by atoms with Crippen molar-refractivity contribution in [2.24, 2.45) is 10.9 Å². The van der Waals surface area contributed by atoms with Gasteiger partial charge in [0, 0.05) is 52.4 Å². The standard InChI is InChI=1S/C18H37N5O2.HI/c1-3-19-18(20-5-4-6-22-7-11-24-12-8-22)21-15-17(2)16-23-9-13-25-14-10-23;/h17H,3-16H2,1-2H3,(H2,19,20,21);1H. The van der Waals surface area contributed by atoms with Gasteiger partial charge in [0.25, 0.3) is 0 Å². The molecule has 1 atom stereocenters. The second-order valence-corrected chi connectivity index (χ2v) is 6.97. The number of ether oxygens (including phenoxy) is 2.